The molecule has 0 saturated carbocycles. The molecule has 3 nitrogen and oxygen atoms in total. The lowest BCUT2D eigenvalue weighted by Gasteiger charge is -2.19. The third-order valence-electron chi connectivity index (χ3n) is 2.09. The van der Waals surface area contributed by atoms with E-state index >= 15 is 0 Å². The largest absolute Gasteiger partial charge is 0.262 e. The summed E-state index contributed by atoms with van der Waals surface area (Å²) in [5, 5.41) is 0. The van der Waals surface area contributed by atoms with Gasteiger partial charge in [0.15, 0.2) is 0 Å². The van der Waals surface area contributed by atoms with Crippen molar-refractivity contribution in [2.75, 3.05) is 0 Å². The Balaban J connectivity index is 2.69. The number of hydrogen-bond acceptors (Lipinski definition) is 3. The average molecular weight is 217 g/mol. The van der Waals surface area contributed by atoms with Crippen molar-refractivity contribution >= 4 is 11.7 Å². The summed E-state index contributed by atoms with van der Waals surface area (Å²) in [6, 6.07) is 6.48. The van der Waals surface area contributed by atoms with Crippen LogP contribution in [-0.4, -0.2) is 16.5 Å². The molecule has 1 heterocycles. The fraction of sp³-hybridized carbons (Fsp3) is 0.538. The Morgan fingerprint density at radius 3 is 2.75 bits per heavy atom. The maximum atomic E-state index is 4.35. The molecule has 0 unspecified atom stereocenters. The van der Waals surface area contributed by atoms with Crippen molar-refractivity contribution in [1.82, 2.24) is 4.98 Å². The van der Waals surface area contributed by atoms with E-state index in [0.717, 1.165) is 12.1 Å². The number of nitrogens with zero attached hydrogens (tertiary/aromatic N) is 3. The van der Waals surface area contributed by atoms with Crippen LogP contribution in [0.1, 0.15) is 34.1 Å². The summed E-state index contributed by atoms with van der Waals surface area (Å²) in [6.45, 7) is 8.57. The molecular formula is C13H19N3. The fourth-order valence-electron chi connectivity index (χ4n) is 1.68. The minimum atomic E-state index is -0.0973. The van der Waals surface area contributed by atoms with Gasteiger partial charge in [-0.25, -0.2) is 4.99 Å². The highest BCUT2D eigenvalue weighted by molar-refractivity contribution is 5.51. The zero-order valence-electron chi connectivity index (χ0n) is 10.4. The first-order valence-corrected chi connectivity index (χ1v) is 5.57. The van der Waals surface area contributed by atoms with E-state index in [-0.39, 0.29) is 5.54 Å². The molecule has 0 aliphatic rings. The van der Waals surface area contributed by atoms with Gasteiger partial charge in [-0.15, -0.1) is 0 Å². The molecule has 16 heavy (non-hydrogen) atoms. The monoisotopic (exact) mass is 217 g/mol. The van der Waals surface area contributed by atoms with Gasteiger partial charge in [-0.05, 0) is 38.3 Å². The van der Waals surface area contributed by atoms with Crippen molar-refractivity contribution in [2.24, 2.45) is 15.9 Å². The first kappa shape index (κ1) is 12.6. The molecule has 0 aromatic carbocycles. The predicted molar refractivity (Wildman–Crippen MR) is 67.3 cm³/mol. The molecule has 1 rings (SSSR count). The molecule has 0 spiro atoms. The van der Waals surface area contributed by atoms with Crippen molar-refractivity contribution in [3.63, 3.8) is 0 Å². The fourth-order valence-corrected chi connectivity index (χ4v) is 1.68. The van der Waals surface area contributed by atoms with E-state index in [1.807, 2.05) is 12.1 Å². The van der Waals surface area contributed by atoms with E-state index in [1.54, 1.807) is 12.4 Å². The van der Waals surface area contributed by atoms with Gasteiger partial charge in [0, 0.05) is 6.20 Å². The first-order chi connectivity index (χ1) is 7.49. The van der Waals surface area contributed by atoms with Crippen molar-refractivity contribution in [1.29, 1.82) is 0 Å². The molecule has 0 bridgehead atoms. The summed E-state index contributed by atoms with van der Waals surface area (Å²) < 4.78 is 0. The highest BCUT2D eigenvalue weighted by Crippen LogP contribution is 2.19. The Morgan fingerprint density at radius 2 is 2.19 bits per heavy atom. The van der Waals surface area contributed by atoms with Gasteiger partial charge < -0.3 is 0 Å². The Labute approximate surface area is 97.4 Å². The molecular weight excluding hydrogens is 198 g/mol. The zero-order valence-corrected chi connectivity index (χ0v) is 10.4. The van der Waals surface area contributed by atoms with E-state index in [1.165, 1.54) is 0 Å². The SMILES string of the molecule is CC(C)CC(C)(C)N=C=Nc1cccnc1. The Morgan fingerprint density at radius 1 is 1.44 bits per heavy atom. The van der Waals surface area contributed by atoms with Gasteiger partial charge in [0.1, 0.15) is 0 Å². The van der Waals surface area contributed by atoms with Crippen LogP contribution in [0, 0.1) is 5.92 Å². The van der Waals surface area contributed by atoms with E-state index in [9.17, 15) is 0 Å². The molecule has 0 saturated heterocycles. The van der Waals surface area contributed by atoms with Crippen molar-refractivity contribution in [3.8, 4) is 0 Å². The van der Waals surface area contributed by atoms with Gasteiger partial charge in [-0.3, -0.25) is 4.98 Å². The summed E-state index contributed by atoms with van der Waals surface area (Å²) in [5.74, 6) is 0.624. The molecule has 1 aromatic heterocycles. The molecule has 0 radical (unpaired) electrons. The Hall–Kier alpha value is -1.47. The lowest BCUT2D eigenvalue weighted by atomic mass is 9.94. The van der Waals surface area contributed by atoms with Gasteiger partial charge in [0.05, 0.1) is 23.4 Å². The zero-order chi connectivity index (χ0) is 12.0. The van der Waals surface area contributed by atoms with Crippen LogP contribution in [0.4, 0.5) is 5.69 Å². The first-order valence-electron chi connectivity index (χ1n) is 5.57. The van der Waals surface area contributed by atoms with Crippen molar-refractivity contribution in [2.45, 2.75) is 39.7 Å². The van der Waals surface area contributed by atoms with E-state index in [4.69, 9.17) is 0 Å². The van der Waals surface area contributed by atoms with Gasteiger partial charge in [-0.1, -0.05) is 13.8 Å². The second-order valence-electron chi connectivity index (χ2n) is 4.95. The van der Waals surface area contributed by atoms with E-state index in [2.05, 4.69) is 48.7 Å². The van der Waals surface area contributed by atoms with Crippen LogP contribution in [0.15, 0.2) is 34.5 Å². The van der Waals surface area contributed by atoms with Crippen LogP contribution in [-0.2, 0) is 0 Å². The second kappa shape index (κ2) is 5.57. The lowest BCUT2D eigenvalue weighted by Crippen LogP contribution is -2.18. The molecule has 0 fully saturated rings. The molecule has 86 valence electrons. The van der Waals surface area contributed by atoms with Crippen LogP contribution < -0.4 is 0 Å². The van der Waals surface area contributed by atoms with Gasteiger partial charge in [0.2, 0.25) is 0 Å². The maximum absolute atomic E-state index is 4.35. The summed E-state index contributed by atoms with van der Waals surface area (Å²) in [6.07, 6.45) is 4.44. The molecule has 0 aliphatic carbocycles. The van der Waals surface area contributed by atoms with Gasteiger partial charge >= 0.3 is 0 Å². The normalized spacial score (nSPS) is 11.1. The summed E-state index contributed by atoms with van der Waals surface area (Å²) in [7, 11) is 0. The highest BCUT2D eigenvalue weighted by Gasteiger charge is 2.16. The number of hydrogen-bond donors (Lipinski definition) is 0. The van der Waals surface area contributed by atoms with Crippen LogP contribution in [0.2, 0.25) is 0 Å². The summed E-state index contributed by atoms with van der Waals surface area (Å²) in [5.41, 5.74) is 0.687. The van der Waals surface area contributed by atoms with Gasteiger partial charge in [0.25, 0.3) is 0 Å². The minimum Gasteiger partial charge on any atom is -0.262 e. The summed E-state index contributed by atoms with van der Waals surface area (Å²) >= 11 is 0. The molecule has 0 aliphatic heterocycles. The highest BCUT2D eigenvalue weighted by atomic mass is 14.9. The quantitative estimate of drug-likeness (QED) is 0.708. The molecule has 1 aromatic rings. The van der Waals surface area contributed by atoms with Crippen LogP contribution >= 0.6 is 0 Å². The Kier molecular flexibility index (Phi) is 4.39. The number of aliphatic imine (C=N–C) groups is 2. The lowest BCUT2D eigenvalue weighted by molar-refractivity contribution is 0.404. The maximum Gasteiger partial charge on any atom is 0.0955 e. The van der Waals surface area contributed by atoms with Crippen molar-refractivity contribution in [3.05, 3.63) is 24.5 Å². The van der Waals surface area contributed by atoms with Crippen LogP contribution in [0.5, 0.6) is 0 Å². The predicted octanol–water partition coefficient (Wildman–Crippen LogP) is 3.71. The molecule has 3 heteroatoms. The van der Waals surface area contributed by atoms with Crippen molar-refractivity contribution < 1.29 is 0 Å². The third-order valence-corrected chi connectivity index (χ3v) is 2.09. The Bertz CT molecular complexity index is 373. The standard InChI is InChI=1S/C13H19N3/c1-11(2)8-13(3,4)16-10-15-12-6-5-7-14-9-12/h5-7,9,11H,8H2,1-4H3. The topological polar surface area (TPSA) is 37.6 Å². The molecule has 0 N–H and O–H groups in total. The average Bonchev–Trinajstić information content (AvgIpc) is 2.16. The van der Waals surface area contributed by atoms with Crippen LogP contribution in [0.3, 0.4) is 0 Å². The molecule has 0 atom stereocenters. The van der Waals surface area contributed by atoms with E-state index < -0.39 is 0 Å². The number of aromatic nitrogens is 1. The second-order valence-corrected chi connectivity index (χ2v) is 4.95. The smallest absolute Gasteiger partial charge is 0.0955 e. The number of pyridine rings is 1. The van der Waals surface area contributed by atoms with E-state index in [0.29, 0.717) is 5.92 Å². The minimum absolute atomic E-state index is 0.0973. The molecule has 0 amide bonds. The van der Waals surface area contributed by atoms with Crippen LogP contribution in [0.25, 0.3) is 0 Å². The van der Waals surface area contributed by atoms with Gasteiger partial charge in [-0.2, -0.15) is 4.99 Å². The third kappa shape index (κ3) is 4.85. The number of rotatable bonds is 4. The summed E-state index contributed by atoms with van der Waals surface area (Å²) in [4.78, 5) is 12.4.